The van der Waals surface area contributed by atoms with Gasteiger partial charge in [0.15, 0.2) is 6.10 Å². The van der Waals surface area contributed by atoms with Crippen molar-refractivity contribution in [2.45, 2.75) is 12.5 Å². The molecule has 0 spiro atoms. The Bertz CT molecular complexity index is 129. The van der Waals surface area contributed by atoms with E-state index in [0.717, 1.165) is 12.2 Å². The van der Waals surface area contributed by atoms with Gasteiger partial charge in [0.25, 0.3) is 0 Å². The molecule has 0 aliphatic rings. The lowest BCUT2D eigenvalue weighted by Gasteiger charge is -2.09. The summed E-state index contributed by atoms with van der Waals surface area (Å²) in [6.07, 6.45) is -0.0379. The molecule has 0 saturated carbocycles. The van der Waals surface area contributed by atoms with Crippen LogP contribution in [0.3, 0.4) is 0 Å². The molecule has 1 N–H and O–H groups in total. The number of ether oxygens (including phenoxy) is 2. The van der Waals surface area contributed by atoms with E-state index in [0.29, 0.717) is 6.61 Å². The van der Waals surface area contributed by atoms with Crippen LogP contribution in [-0.4, -0.2) is 43.3 Å². The fourth-order valence-corrected chi connectivity index (χ4v) is 0.726. The van der Waals surface area contributed by atoms with Crippen LogP contribution in [0.2, 0.25) is 0 Å². The van der Waals surface area contributed by atoms with Crippen molar-refractivity contribution in [3.05, 3.63) is 0 Å². The zero-order valence-corrected chi connectivity index (χ0v) is 7.92. The van der Waals surface area contributed by atoms with Gasteiger partial charge < -0.3 is 14.6 Å². The van der Waals surface area contributed by atoms with Gasteiger partial charge >= 0.3 is 5.97 Å². The van der Waals surface area contributed by atoms with Crippen LogP contribution < -0.4 is 0 Å². The van der Waals surface area contributed by atoms with E-state index in [1.54, 1.807) is 0 Å². The van der Waals surface area contributed by atoms with Gasteiger partial charge in [0.05, 0.1) is 6.61 Å². The number of aliphatic carboxylic acids is 1. The van der Waals surface area contributed by atoms with Crippen LogP contribution >= 0.6 is 12.6 Å². The van der Waals surface area contributed by atoms with E-state index in [-0.39, 0.29) is 6.61 Å². The molecule has 0 fully saturated rings. The average molecular weight is 194 g/mol. The highest BCUT2D eigenvalue weighted by Crippen LogP contribution is 1.93. The Balaban J connectivity index is 3.38. The number of carboxylic acids is 1. The quantitative estimate of drug-likeness (QED) is 0.455. The van der Waals surface area contributed by atoms with E-state index < -0.39 is 12.1 Å². The second kappa shape index (κ2) is 7.39. The molecule has 0 amide bonds. The molecule has 5 heteroatoms. The van der Waals surface area contributed by atoms with Crippen molar-refractivity contribution < 1.29 is 19.4 Å². The maximum absolute atomic E-state index is 10.4. The van der Waals surface area contributed by atoms with E-state index in [2.05, 4.69) is 17.4 Å². The summed E-state index contributed by atoms with van der Waals surface area (Å²) in [6, 6.07) is 0. The normalized spacial score (nSPS) is 12.8. The van der Waals surface area contributed by atoms with Crippen LogP contribution in [0.4, 0.5) is 0 Å². The highest BCUT2D eigenvalue weighted by molar-refractivity contribution is 7.80. The third-order valence-electron chi connectivity index (χ3n) is 1.28. The summed E-state index contributed by atoms with van der Waals surface area (Å²) >= 11 is 3.98. The molecule has 0 aromatic carbocycles. The molecule has 0 aromatic rings. The van der Waals surface area contributed by atoms with Gasteiger partial charge in [0.1, 0.15) is 0 Å². The Morgan fingerprint density at radius 2 is 2.33 bits per heavy atom. The van der Waals surface area contributed by atoms with Gasteiger partial charge in [-0.25, -0.2) is 4.79 Å². The molecule has 0 bridgehead atoms. The van der Waals surface area contributed by atoms with E-state index in [1.165, 1.54) is 7.11 Å². The van der Waals surface area contributed by atoms with Crippen molar-refractivity contribution in [3.8, 4) is 0 Å². The molecule has 1 atom stereocenters. The smallest absolute Gasteiger partial charge is 0.335 e. The largest absolute Gasteiger partial charge is 0.479 e. The highest BCUT2D eigenvalue weighted by Gasteiger charge is 2.15. The topological polar surface area (TPSA) is 55.8 Å². The van der Waals surface area contributed by atoms with Crippen LogP contribution in [0.15, 0.2) is 0 Å². The van der Waals surface area contributed by atoms with E-state index in [9.17, 15) is 4.79 Å². The van der Waals surface area contributed by atoms with E-state index >= 15 is 0 Å². The zero-order chi connectivity index (χ0) is 9.40. The Morgan fingerprint density at radius 1 is 1.67 bits per heavy atom. The summed E-state index contributed by atoms with van der Waals surface area (Å²) in [5.74, 6) is -0.256. The average Bonchev–Trinajstić information content (AvgIpc) is 2.04. The summed E-state index contributed by atoms with van der Waals surface area (Å²) in [5, 5.41) is 8.51. The predicted octanol–water partition coefficient (Wildman–Crippen LogP) is 0.422. The molecule has 12 heavy (non-hydrogen) atoms. The van der Waals surface area contributed by atoms with Crippen molar-refractivity contribution in [1.29, 1.82) is 0 Å². The van der Waals surface area contributed by atoms with Crippen molar-refractivity contribution in [2.75, 3.05) is 26.1 Å². The van der Waals surface area contributed by atoms with Crippen molar-refractivity contribution in [2.24, 2.45) is 0 Å². The fraction of sp³-hybridized carbons (Fsp3) is 0.857. The second-order valence-corrected chi connectivity index (χ2v) is 2.66. The molecule has 4 nitrogen and oxygen atoms in total. The Morgan fingerprint density at radius 3 is 2.75 bits per heavy atom. The lowest BCUT2D eigenvalue weighted by atomic mass is 10.4. The van der Waals surface area contributed by atoms with Crippen LogP contribution in [0, 0.1) is 0 Å². The van der Waals surface area contributed by atoms with Gasteiger partial charge in [-0.1, -0.05) is 0 Å². The molecule has 0 aliphatic heterocycles. The zero-order valence-electron chi connectivity index (χ0n) is 7.02. The second-order valence-electron chi connectivity index (χ2n) is 2.21. The standard InChI is InChI=1S/C7H14O4S/c1-10-6(7(8)9)5-11-3-2-4-12/h6,12H,2-5H2,1H3,(H,8,9). The number of carbonyl (C=O) groups is 1. The first kappa shape index (κ1) is 11.7. The Labute approximate surface area is 77.3 Å². The minimum Gasteiger partial charge on any atom is -0.479 e. The van der Waals surface area contributed by atoms with Gasteiger partial charge in [0, 0.05) is 13.7 Å². The van der Waals surface area contributed by atoms with E-state index in [4.69, 9.17) is 9.84 Å². The number of carboxylic acid groups (broad SMARTS) is 1. The van der Waals surface area contributed by atoms with Gasteiger partial charge in [-0.3, -0.25) is 0 Å². The van der Waals surface area contributed by atoms with Gasteiger partial charge in [-0.15, -0.1) is 0 Å². The maximum atomic E-state index is 10.4. The molecular formula is C7H14O4S. The predicted molar refractivity (Wildman–Crippen MR) is 47.7 cm³/mol. The summed E-state index contributed by atoms with van der Waals surface area (Å²) in [5.41, 5.74) is 0. The first-order valence-electron chi connectivity index (χ1n) is 3.66. The molecule has 0 aromatic heterocycles. The lowest BCUT2D eigenvalue weighted by Crippen LogP contribution is -2.28. The lowest BCUT2D eigenvalue weighted by molar-refractivity contribution is -0.152. The molecule has 0 radical (unpaired) electrons. The van der Waals surface area contributed by atoms with Gasteiger partial charge in [0.2, 0.25) is 0 Å². The molecular weight excluding hydrogens is 180 g/mol. The molecule has 72 valence electrons. The summed E-state index contributed by atoms with van der Waals surface area (Å²) < 4.78 is 9.68. The number of rotatable bonds is 7. The summed E-state index contributed by atoms with van der Waals surface area (Å²) in [6.45, 7) is 0.621. The summed E-state index contributed by atoms with van der Waals surface area (Å²) in [7, 11) is 1.35. The number of hydrogen-bond acceptors (Lipinski definition) is 4. The van der Waals surface area contributed by atoms with Crippen LogP contribution in [-0.2, 0) is 14.3 Å². The fourth-order valence-electron chi connectivity index (χ4n) is 0.597. The Kier molecular flexibility index (Phi) is 7.23. The number of hydrogen-bond donors (Lipinski definition) is 2. The SMILES string of the molecule is COC(COCCCS)C(=O)O. The van der Waals surface area contributed by atoms with Crippen molar-refractivity contribution in [3.63, 3.8) is 0 Å². The minimum atomic E-state index is -0.997. The molecule has 0 aliphatic carbocycles. The van der Waals surface area contributed by atoms with Gasteiger partial charge in [-0.05, 0) is 12.2 Å². The van der Waals surface area contributed by atoms with Crippen molar-refractivity contribution in [1.82, 2.24) is 0 Å². The molecule has 0 saturated heterocycles. The van der Waals surface area contributed by atoms with Gasteiger partial charge in [-0.2, -0.15) is 12.6 Å². The van der Waals surface area contributed by atoms with E-state index in [1.807, 2.05) is 0 Å². The number of methoxy groups -OCH3 is 1. The monoisotopic (exact) mass is 194 g/mol. The third-order valence-corrected chi connectivity index (χ3v) is 1.59. The minimum absolute atomic E-state index is 0.0968. The number of thiol groups is 1. The first-order chi connectivity index (χ1) is 5.72. The van der Waals surface area contributed by atoms with Crippen LogP contribution in [0.1, 0.15) is 6.42 Å². The van der Waals surface area contributed by atoms with Crippen molar-refractivity contribution >= 4 is 18.6 Å². The maximum Gasteiger partial charge on any atom is 0.335 e. The first-order valence-corrected chi connectivity index (χ1v) is 4.29. The molecule has 0 rings (SSSR count). The summed E-state index contributed by atoms with van der Waals surface area (Å²) in [4.78, 5) is 10.4. The third kappa shape index (κ3) is 5.40. The molecule has 0 heterocycles. The van der Waals surface area contributed by atoms with Crippen LogP contribution in [0.5, 0.6) is 0 Å². The molecule has 1 unspecified atom stereocenters. The van der Waals surface area contributed by atoms with Crippen LogP contribution in [0.25, 0.3) is 0 Å². The Hall–Kier alpha value is -0.260. The highest BCUT2D eigenvalue weighted by atomic mass is 32.1.